The molecular weight excluding hydrogens is 441 g/mol. The summed E-state index contributed by atoms with van der Waals surface area (Å²) >= 11 is 2.13. The summed E-state index contributed by atoms with van der Waals surface area (Å²) in [6.07, 6.45) is 0. The summed E-state index contributed by atoms with van der Waals surface area (Å²) in [5, 5.41) is 8.34. The number of anilines is 3. The van der Waals surface area contributed by atoms with Crippen LogP contribution < -0.4 is 16.0 Å². The highest BCUT2D eigenvalue weighted by molar-refractivity contribution is 14.1. The van der Waals surface area contributed by atoms with Crippen molar-refractivity contribution in [3.8, 4) is 0 Å². The number of halogens is 1. The van der Waals surface area contributed by atoms with E-state index in [4.69, 9.17) is 0 Å². The summed E-state index contributed by atoms with van der Waals surface area (Å²) < 4.78 is 0.887. The van der Waals surface area contributed by atoms with E-state index in [-0.39, 0.29) is 11.9 Å². The average Bonchev–Trinajstić information content (AvgIpc) is 2.64. The molecule has 0 heterocycles. The van der Waals surface area contributed by atoms with Crippen molar-refractivity contribution in [2.75, 3.05) is 16.0 Å². The first-order chi connectivity index (χ1) is 12.6. The molecule has 5 nitrogen and oxygen atoms in total. The van der Waals surface area contributed by atoms with Gasteiger partial charge in [-0.25, -0.2) is 4.79 Å². The van der Waals surface area contributed by atoms with Crippen LogP contribution in [-0.4, -0.2) is 11.9 Å². The predicted molar refractivity (Wildman–Crippen MR) is 113 cm³/mol. The summed E-state index contributed by atoms with van der Waals surface area (Å²) in [4.78, 5) is 24.3. The van der Waals surface area contributed by atoms with Gasteiger partial charge in [-0.1, -0.05) is 30.3 Å². The molecule has 3 amide bonds. The lowest BCUT2D eigenvalue weighted by Crippen LogP contribution is -2.19. The second-order valence-corrected chi connectivity index (χ2v) is 6.62. The minimum Gasteiger partial charge on any atom is -0.322 e. The second-order valence-electron chi connectivity index (χ2n) is 5.46. The van der Waals surface area contributed by atoms with Gasteiger partial charge in [0.25, 0.3) is 5.91 Å². The van der Waals surface area contributed by atoms with E-state index >= 15 is 0 Å². The molecule has 0 aliphatic carbocycles. The molecule has 3 aromatic rings. The first-order valence-corrected chi connectivity index (χ1v) is 8.99. The van der Waals surface area contributed by atoms with Gasteiger partial charge < -0.3 is 16.0 Å². The maximum Gasteiger partial charge on any atom is 0.323 e. The van der Waals surface area contributed by atoms with Crippen LogP contribution in [0, 0.1) is 3.57 Å². The molecule has 0 radical (unpaired) electrons. The number of hydrogen-bond donors (Lipinski definition) is 3. The van der Waals surface area contributed by atoms with E-state index in [2.05, 4.69) is 38.5 Å². The molecule has 0 aliphatic rings. The lowest BCUT2D eigenvalue weighted by atomic mass is 10.2. The first kappa shape index (κ1) is 17.9. The first-order valence-electron chi connectivity index (χ1n) is 7.91. The Hall–Kier alpha value is -2.87. The van der Waals surface area contributed by atoms with Crippen molar-refractivity contribution in [1.29, 1.82) is 0 Å². The van der Waals surface area contributed by atoms with E-state index in [0.717, 1.165) is 3.57 Å². The molecule has 0 saturated carbocycles. The number of nitrogens with one attached hydrogen (secondary N) is 3. The molecule has 0 aromatic heterocycles. The number of urea groups is 1. The largest absolute Gasteiger partial charge is 0.323 e. The maximum atomic E-state index is 12.3. The lowest BCUT2D eigenvalue weighted by molar-refractivity contribution is 0.102. The molecule has 0 unspecified atom stereocenters. The van der Waals surface area contributed by atoms with Gasteiger partial charge in [0.15, 0.2) is 0 Å². The van der Waals surface area contributed by atoms with Gasteiger partial charge in [-0.3, -0.25) is 4.79 Å². The van der Waals surface area contributed by atoms with E-state index in [1.807, 2.05) is 48.5 Å². The van der Waals surface area contributed by atoms with Crippen LogP contribution in [0.1, 0.15) is 10.4 Å². The van der Waals surface area contributed by atoms with Crippen molar-refractivity contribution < 1.29 is 9.59 Å². The highest BCUT2D eigenvalue weighted by Gasteiger charge is 2.09. The molecule has 3 N–H and O–H groups in total. The fraction of sp³-hybridized carbons (Fsp3) is 0. The Morgan fingerprint density at radius 2 is 1.12 bits per heavy atom. The summed E-state index contributed by atoms with van der Waals surface area (Å²) in [6.45, 7) is 0. The molecule has 0 saturated heterocycles. The molecule has 0 spiro atoms. The van der Waals surface area contributed by atoms with Gasteiger partial charge in [-0.15, -0.1) is 0 Å². The summed E-state index contributed by atoms with van der Waals surface area (Å²) in [6, 6.07) is 23.2. The zero-order chi connectivity index (χ0) is 18.4. The second kappa shape index (κ2) is 8.48. The van der Waals surface area contributed by atoms with Crippen molar-refractivity contribution in [3.63, 3.8) is 0 Å². The molecule has 3 aromatic carbocycles. The molecule has 26 heavy (non-hydrogen) atoms. The Balaban J connectivity index is 1.59. The SMILES string of the molecule is O=C(Nc1ccccc1)Nc1ccc(NC(=O)c2ccccc2I)cc1. The van der Waals surface area contributed by atoms with Gasteiger partial charge in [0.2, 0.25) is 0 Å². The molecule has 6 heteroatoms. The number of rotatable bonds is 4. The molecule has 0 bridgehead atoms. The predicted octanol–water partition coefficient (Wildman–Crippen LogP) is 5.19. The van der Waals surface area contributed by atoms with Crippen LogP contribution in [0.5, 0.6) is 0 Å². The van der Waals surface area contributed by atoms with E-state index in [1.54, 1.807) is 30.3 Å². The van der Waals surface area contributed by atoms with E-state index in [0.29, 0.717) is 22.6 Å². The molecular formula is C20H16IN3O2. The highest BCUT2D eigenvalue weighted by Crippen LogP contribution is 2.17. The minimum absolute atomic E-state index is 0.169. The number of carbonyl (C=O) groups is 2. The molecule has 130 valence electrons. The van der Waals surface area contributed by atoms with Gasteiger partial charge in [-0.2, -0.15) is 0 Å². The fourth-order valence-electron chi connectivity index (χ4n) is 2.30. The lowest BCUT2D eigenvalue weighted by Gasteiger charge is -2.10. The van der Waals surface area contributed by atoms with Gasteiger partial charge in [0.05, 0.1) is 5.56 Å². The summed E-state index contributed by atoms with van der Waals surface area (Å²) in [5.41, 5.74) is 2.62. The van der Waals surface area contributed by atoms with Crippen molar-refractivity contribution in [2.45, 2.75) is 0 Å². The standard InChI is InChI=1S/C20H16IN3O2/c21-18-9-5-4-8-17(18)19(25)22-15-10-12-16(13-11-15)24-20(26)23-14-6-2-1-3-7-14/h1-13H,(H,22,25)(H2,23,24,26). The molecule has 3 rings (SSSR count). The van der Waals surface area contributed by atoms with Crippen molar-refractivity contribution in [3.05, 3.63) is 88.0 Å². The molecule has 0 aliphatic heterocycles. The van der Waals surface area contributed by atoms with Gasteiger partial charge in [0, 0.05) is 20.6 Å². The van der Waals surface area contributed by atoms with E-state index < -0.39 is 0 Å². The van der Waals surface area contributed by atoms with Crippen LogP contribution >= 0.6 is 22.6 Å². The monoisotopic (exact) mass is 457 g/mol. The highest BCUT2D eigenvalue weighted by atomic mass is 127. The van der Waals surface area contributed by atoms with Gasteiger partial charge in [-0.05, 0) is 71.1 Å². The van der Waals surface area contributed by atoms with Crippen molar-refractivity contribution >= 4 is 51.6 Å². The Bertz CT molecular complexity index is 912. The topological polar surface area (TPSA) is 70.2 Å². The fourth-order valence-corrected chi connectivity index (χ4v) is 2.93. The molecule has 0 fully saturated rings. The summed E-state index contributed by atoms with van der Waals surface area (Å²) in [7, 11) is 0. The van der Waals surface area contributed by atoms with Crippen molar-refractivity contribution in [1.82, 2.24) is 0 Å². The third-order valence-corrected chi connectivity index (χ3v) is 4.49. The Kier molecular flexibility index (Phi) is 5.85. The van der Waals surface area contributed by atoms with Crippen molar-refractivity contribution in [2.24, 2.45) is 0 Å². The van der Waals surface area contributed by atoms with Gasteiger partial charge >= 0.3 is 6.03 Å². The van der Waals surface area contributed by atoms with Gasteiger partial charge in [0.1, 0.15) is 0 Å². The number of para-hydroxylation sites is 1. The van der Waals surface area contributed by atoms with Crippen LogP contribution in [0.3, 0.4) is 0 Å². The summed E-state index contributed by atoms with van der Waals surface area (Å²) in [5.74, 6) is -0.169. The van der Waals surface area contributed by atoms with Crippen LogP contribution in [0.15, 0.2) is 78.9 Å². The smallest absolute Gasteiger partial charge is 0.322 e. The maximum absolute atomic E-state index is 12.3. The third-order valence-electron chi connectivity index (χ3n) is 3.55. The normalized spacial score (nSPS) is 10.0. The Morgan fingerprint density at radius 1 is 0.615 bits per heavy atom. The Labute approximate surface area is 165 Å². The number of hydrogen-bond acceptors (Lipinski definition) is 2. The minimum atomic E-state index is -0.327. The van der Waals surface area contributed by atoms with Crippen LogP contribution in [-0.2, 0) is 0 Å². The van der Waals surface area contributed by atoms with Crippen LogP contribution in [0.2, 0.25) is 0 Å². The number of benzene rings is 3. The average molecular weight is 457 g/mol. The quantitative estimate of drug-likeness (QED) is 0.472. The third kappa shape index (κ3) is 4.82. The molecule has 0 atom stereocenters. The van der Waals surface area contributed by atoms with E-state index in [9.17, 15) is 9.59 Å². The van der Waals surface area contributed by atoms with E-state index in [1.165, 1.54) is 0 Å². The van der Waals surface area contributed by atoms with Crippen LogP contribution in [0.4, 0.5) is 21.9 Å². The Morgan fingerprint density at radius 3 is 1.73 bits per heavy atom. The number of amides is 3. The zero-order valence-corrected chi connectivity index (χ0v) is 15.9. The number of carbonyl (C=O) groups excluding carboxylic acids is 2. The zero-order valence-electron chi connectivity index (χ0n) is 13.7. The van der Waals surface area contributed by atoms with Crippen LogP contribution in [0.25, 0.3) is 0 Å².